The lowest BCUT2D eigenvalue weighted by atomic mass is 10.0. The summed E-state index contributed by atoms with van der Waals surface area (Å²) in [5, 5.41) is 0.673. The number of halogens is 1. The van der Waals surface area contributed by atoms with Gasteiger partial charge in [0.2, 0.25) is 0 Å². The normalized spacial score (nSPS) is 11.0. The SMILES string of the molecule is COC(=O)c1ccc2nc(C)n(Cc3ccc(-c4ccccc4)cc3Cl)c2n1. The first-order valence-corrected chi connectivity index (χ1v) is 9.20. The van der Waals surface area contributed by atoms with E-state index in [0.717, 1.165) is 28.0 Å². The average Bonchev–Trinajstić information content (AvgIpc) is 3.04. The Morgan fingerprint density at radius 1 is 1.04 bits per heavy atom. The summed E-state index contributed by atoms with van der Waals surface area (Å²) in [5.41, 5.74) is 4.73. The Labute approximate surface area is 167 Å². The number of hydrogen-bond donors (Lipinski definition) is 0. The Morgan fingerprint density at radius 3 is 2.54 bits per heavy atom. The molecule has 2 aromatic carbocycles. The zero-order valence-corrected chi connectivity index (χ0v) is 16.3. The number of carbonyl (C=O) groups excluding carboxylic acids is 1. The Kier molecular flexibility index (Phi) is 4.84. The fourth-order valence-electron chi connectivity index (χ4n) is 3.18. The van der Waals surface area contributed by atoms with E-state index in [9.17, 15) is 4.79 Å². The average molecular weight is 392 g/mol. The molecule has 0 saturated heterocycles. The van der Waals surface area contributed by atoms with Crippen LogP contribution in [0.5, 0.6) is 0 Å². The molecule has 0 aliphatic heterocycles. The molecule has 0 aliphatic carbocycles. The van der Waals surface area contributed by atoms with Gasteiger partial charge in [0.25, 0.3) is 0 Å². The summed E-state index contributed by atoms with van der Waals surface area (Å²) in [4.78, 5) is 20.8. The van der Waals surface area contributed by atoms with Gasteiger partial charge in [-0.2, -0.15) is 0 Å². The fraction of sp³-hybridized carbons (Fsp3) is 0.136. The highest BCUT2D eigenvalue weighted by atomic mass is 35.5. The van der Waals surface area contributed by atoms with Gasteiger partial charge >= 0.3 is 5.97 Å². The molecular weight excluding hydrogens is 374 g/mol. The molecule has 0 N–H and O–H groups in total. The first kappa shape index (κ1) is 18.2. The second-order valence-corrected chi connectivity index (χ2v) is 6.86. The van der Waals surface area contributed by atoms with Crippen molar-refractivity contribution in [3.05, 3.63) is 82.8 Å². The minimum absolute atomic E-state index is 0.252. The van der Waals surface area contributed by atoms with Gasteiger partial charge in [-0.15, -0.1) is 0 Å². The monoisotopic (exact) mass is 391 g/mol. The predicted molar refractivity (Wildman–Crippen MR) is 110 cm³/mol. The van der Waals surface area contributed by atoms with E-state index in [0.29, 0.717) is 17.2 Å². The number of pyridine rings is 1. The number of rotatable bonds is 4. The topological polar surface area (TPSA) is 57.0 Å². The molecule has 0 spiro atoms. The van der Waals surface area contributed by atoms with Crippen LogP contribution in [-0.4, -0.2) is 27.6 Å². The molecule has 0 amide bonds. The van der Waals surface area contributed by atoms with E-state index in [1.807, 2.05) is 41.8 Å². The minimum Gasteiger partial charge on any atom is -0.464 e. The van der Waals surface area contributed by atoms with Crippen molar-refractivity contribution in [2.24, 2.45) is 0 Å². The number of fused-ring (bicyclic) bond motifs is 1. The summed E-state index contributed by atoms with van der Waals surface area (Å²) < 4.78 is 6.72. The lowest BCUT2D eigenvalue weighted by Crippen LogP contribution is -2.07. The summed E-state index contributed by atoms with van der Waals surface area (Å²) in [7, 11) is 1.34. The third-order valence-corrected chi connectivity index (χ3v) is 5.02. The summed E-state index contributed by atoms with van der Waals surface area (Å²) in [6.45, 7) is 2.42. The molecule has 2 heterocycles. The number of hydrogen-bond acceptors (Lipinski definition) is 4. The van der Waals surface area contributed by atoms with Crippen LogP contribution in [0, 0.1) is 6.92 Å². The van der Waals surface area contributed by atoms with Gasteiger partial charge in [0.1, 0.15) is 11.3 Å². The molecule has 0 radical (unpaired) electrons. The Balaban J connectivity index is 1.72. The molecule has 0 atom stereocenters. The summed E-state index contributed by atoms with van der Waals surface area (Å²) in [6, 6.07) is 19.5. The Morgan fingerprint density at radius 2 is 1.82 bits per heavy atom. The van der Waals surface area contributed by atoms with Crippen molar-refractivity contribution in [3.8, 4) is 11.1 Å². The van der Waals surface area contributed by atoms with Crippen LogP contribution < -0.4 is 0 Å². The zero-order valence-electron chi connectivity index (χ0n) is 15.5. The number of benzene rings is 2. The lowest BCUT2D eigenvalue weighted by molar-refractivity contribution is 0.0594. The van der Waals surface area contributed by atoms with Gasteiger partial charge in [-0.25, -0.2) is 14.8 Å². The maximum Gasteiger partial charge on any atom is 0.356 e. The van der Waals surface area contributed by atoms with E-state index >= 15 is 0 Å². The number of nitrogens with zero attached hydrogens (tertiary/aromatic N) is 3. The van der Waals surface area contributed by atoms with Gasteiger partial charge in [-0.3, -0.25) is 0 Å². The predicted octanol–water partition coefficient (Wildman–Crippen LogP) is 4.90. The molecule has 0 fully saturated rings. The minimum atomic E-state index is -0.474. The van der Waals surface area contributed by atoms with Crippen molar-refractivity contribution < 1.29 is 9.53 Å². The van der Waals surface area contributed by atoms with Crippen LogP contribution in [0.15, 0.2) is 60.7 Å². The summed E-state index contributed by atoms with van der Waals surface area (Å²) in [5.74, 6) is 0.324. The molecule has 4 rings (SSSR count). The van der Waals surface area contributed by atoms with Crippen LogP contribution in [0.1, 0.15) is 21.9 Å². The Hall–Kier alpha value is -3.18. The van der Waals surface area contributed by atoms with Crippen LogP contribution >= 0.6 is 11.6 Å². The molecule has 140 valence electrons. The van der Waals surface area contributed by atoms with Crippen molar-refractivity contribution in [1.82, 2.24) is 14.5 Å². The van der Waals surface area contributed by atoms with Crippen molar-refractivity contribution in [1.29, 1.82) is 0 Å². The van der Waals surface area contributed by atoms with Crippen LogP contribution in [-0.2, 0) is 11.3 Å². The summed E-state index contributed by atoms with van der Waals surface area (Å²) >= 11 is 6.58. The molecule has 6 heteroatoms. The van der Waals surface area contributed by atoms with Gasteiger partial charge in [-0.05, 0) is 41.8 Å². The van der Waals surface area contributed by atoms with Crippen molar-refractivity contribution in [3.63, 3.8) is 0 Å². The van der Waals surface area contributed by atoms with Gasteiger partial charge in [0, 0.05) is 5.02 Å². The highest BCUT2D eigenvalue weighted by Gasteiger charge is 2.15. The number of imidazole rings is 1. The standard InChI is InChI=1S/C22H18ClN3O2/c1-14-24-19-10-11-20(22(27)28-2)25-21(19)26(14)13-17-9-8-16(12-18(17)23)15-6-4-3-5-7-15/h3-12H,13H2,1-2H3. The third-order valence-electron chi connectivity index (χ3n) is 4.67. The number of aryl methyl sites for hydroxylation is 1. The molecule has 0 unspecified atom stereocenters. The van der Waals surface area contributed by atoms with E-state index < -0.39 is 5.97 Å². The quantitative estimate of drug-likeness (QED) is 0.464. The smallest absolute Gasteiger partial charge is 0.356 e. The maximum atomic E-state index is 11.8. The van der Waals surface area contributed by atoms with Crippen molar-refractivity contribution in [2.75, 3.05) is 7.11 Å². The molecule has 4 aromatic rings. The number of aromatic nitrogens is 3. The number of esters is 1. The van der Waals surface area contributed by atoms with Crippen molar-refractivity contribution >= 4 is 28.7 Å². The number of methoxy groups -OCH3 is 1. The fourth-order valence-corrected chi connectivity index (χ4v) is 3.42. The van der Waals surface area contributed by atoms with E-state index in [1.54, 1.807) is 12.1 Å². The molecule has 0 aliphatic rings. The number of ether oxygens (including phenoxy) is 1. The zero-order chi connectivity index (χ0) is 19.7. The van der Waals surface area contributed by atoms with Crippen LogP contribution in [0.2, 0.25) is 5.02 Å². The van der Waals surface area contributed by atoms with Gasteiger partial charge < -0.3 is 9.30 Å². The van der Waals surface area contributed by atoms with Crippen LogP contribution in [0.25, 0.3) is 22.3 Å². The largest absolute Gasteiger partial charge is 0.464 e. The van der Waals surface area contributed by atoms with E-state index in [2.05, 4.69) is 28.2 Å². The van der Waals surface area contributed by atoms with Crippen LogP contribution in [0.4, 0.5) is 0 Å². The lowest BCUT2D eigenvalue weighted by Gasteiger charge is -2.10. The van der Waals surface area contributed by atoms with E-state index in [1.165, 1.54) is 7.11 Å². The molecule has 0 bridgehead atoms. The second kappa shape index (κ2) is 7.44. The molecule has 2 aromatic heterocycles. The first-order valence-electron chi connectivity index (χ1n) is 8.83. The summed E-state index contributed by atoms with van der Waals surface area (Å²) in [6.07, 6.45) is 0. The molecule has 28 heavy (non-hydrogen) atoms. The molecule has 5 nitrogen and oxygen atoms in total. The van der Waals surface area contributed by atoms with E-state index in [-0.39, 0.29) is 5.69 Å². The van der Waals surface area contributed by atoms with Crippen LogP contribution in [0.3, 0.4) is 0 Å². The highest BCUT2D eigenvalue weighted by molar-refractivity contribution is 6.31. The molecule has 0 saturated carbocycles. The molecular formula is C22H18ClN3O2. The van der Waals surface area contributed by atoms with Gasteiger partial charge in [0.05, 0.1) is 13.7 Å². The highest BCUT2D eigenvalue weighted by Crippen LogP contribution is 2.27. The second-order valence-electron chi connectivity index (χ2n) is 6.45. The van der Waals surface area contributed by atoms with Gasteiger partial charge in [0.15, 0.2) is 11.3 Å². The maximum absolute atomic E-state index is 11.8. The first-order chi connectivity index (χ1) is 13.6. The van der Waals surface area contributed by atoms with E-state index in [4.69, 9.17) is 16.3 Å². The van der Waals surface area contributed by atoms with Gasteiger partial charge in [-0.1, -0.05) is 54.1 Å². The Bertz CT molecular complexity index is 1170. The third kappa shape index (κ3) is 3.37. The number of carbonyl (C=O) groups is 1. The van der Waals surface area contributed by atoms with Crippen molar-refractivity contribution in [2.45, 2.75) is 13.5 Å².